The number of aryl methyl sites for hydroxylation is 2. The smallest absolute Gasteiger partial charge is 0.249 e. The SMILES string of the molecule is Cc1cc(C)cc(NC(c2ccc(F)cc2)c2nnc(-c3ccccc3Cl)o2)c1.Cl. The number of nitrogens with zero attached hydrogens (tertiary/aromatic N) is 2. The minimum Gasteiger partial charge on any atom is -0.418 e. The second kappa shape index (κ2) is 9.28. The van der Waals surface area contributed by atoms with Crippen molar-refractivity contribution in [2.75, 3.05) is 5.32 Å². The van der Waals surface area contributed by atoms with Crippen LogP contribution in [0.4, 0.5) is 10.1 Å². The van der Waals surface area contributed by atoms with Crippen molar-refractivity contribution in [3.8, 4) is 11.5 Å². The fraction of sp³-hybridized carbons (Fsp3) is 0.130. The zero-order valence-corrected chi connectivity index (χ0v) is 18.0. The lowest BCUT2D eigenvalue weighted by molar-refractivity contribution is 0.494. The lowest BCUT2D eigenvalue weighted by Crippen LogP contribution is -2.13. The predicted molar refractivity (Wildman–Crippen MR) is 120 cm³/mol. The van der Waals surface area contributed by atoms with E-state index in [1.165, 1.54) is 12.1 Å². The summed E-state index contributed by atoms with van der Waals surface area (Å²) in [6, 6.07) is 19.3. The van der Waals surface area contributed by atoms with Crippen LogP contribution in [0.25, 0.3) is 11.5 Å². The predicted octanol–water partition coefficient (Wildman–Crippen LogP) is 6.77. The molecule has 154 valence electrons. The van der Waals surface area contributed by atoms with Gasteiger partial charge in [0.25, 0.3) is 0 Å². The normalized spacial score (nSPS) is 11.6. The molecular weight excluding hydrogens is 424 g/mol. The van der Waals surface area contributed by atoms with Gasteiger partial charge in [0, 0.05) is 5.69 Å². The van der Waals surface area contributed by atoms with Gasteiger partial charge in [-0.2, -0.15) is 0 Å². The van der Waals surface area contributed by atoms with E-state index in [9.17, 15) is 4.39 Å². The molecule has 0 aliphatic carbocycles. The monoisotopic (exact) mass is 443 g/mol. The molecule has 0 saturated heterocycles. The third kappa shape index (κ3) is 4.81. The van der Waals surface area contributed by atoms with Crippen LogP contribution in [-0.2, 0) is 0 Å². The molecule has 0 radical (unpaired) electrons. The third-order valence-electron chi connectivity index (χ3n) is 4.53. The topological polar surface area (TPSA) is 51.0 Å². The highest BCUT2D eigenvalue weighted by atomic mass is 35.5. The summed E-state index contributed by atoms with van der Waals surface area (Å²) in [4.78, 5) is 0. The molecule has 1 aromatic heterocycles. The van der Waals surface area contributed by atoms with Gasteiger partial charge in [-0.15, -0.1) is 22.6 Å². The summed E-state index contributed by atoms with van der Waals surface area (Å²) in [5, 5.41) is 12.4. The Bertz CT molecular complexity index is 1130. The second-order valence-electron chi connectivity index (χ2n) is 6.93. The number of aromatic nitrogens is 2. The first-order valence-electron chi connectivity index (χ1n) is 9.18. The molecule has 0 amide bonds. The van der Waals surface area contributed by atoms with Crippen LogP contribution in [-0.4, -0.2) is 10.2 Å². The largest absolute Gasteiger partial charge is 0.418 e. The second-order valence-corrected chi connectivity index (χ2v) is 7.34. The Morgan fingerprint density at radius 3 is 2.27 bits per heavy atom. The summed E-state index contributed by atoms with van der Waals surface area (Å²) in [6.45, 7) is 4.07. The molecule has 0 aliphatic heterocycles. The number of rotatable bonds is 5. The Kier molecular flexibility index (Phi) is 6.75. The molecule has 1 heterocycles. The van der Waals surface area contributed by atoms with Crippen molar-refractivity contribution in [2.45, 2.75) is 19.9 Å². The zero-order valence-electron chi connectivity index (χ0n) is 16.4. The highest BCUT2D eigenvalue weighted by molar-refractivity contribution is 6.33. The molecule has 7 heteroatoms. The van der Waals surface area contributed by atoms with Crippen molar-refractivity contribution in [1.29, 1.82) is 0 Å². The van der Waals surface area contributed by atoms with Gasteiger partial charge in [-0.3, -0.25) is 0 Å². The molecule has 0 saturated carbocycles. The van der Waals surface area contributed by atoms with Crippen LogP contribution in [0.2, 0.25) is 5.02 Å². The van der Waals surface area contributed by atoms with Crippen molar-refractivity contribution >= 4 is 29.7 Å². The van der Waals surface area contributed by atoms with E-state index in [2.05, 4.69) is 21.6 Å². The van der Waals surface area contributed by atoms with Crippen LogP contribution in [0.15, 0.2) is 71.1 Å². The first kappa shape index (κ1) is 21.8. The Hall–Kier alpha value is -2.89. The number of hydrogen-bond acceptors (Lipinski definition) is 4. The molecule has 30 heavy (non-hydrogen) atoms. The summed E-state index contributed by atoms with van der Waals surface area (Å²) in [5.41, 5.74) is 4.65. The van der Waals surface area contributed by atoms with Crippen molar-refractivity contribution in [3.63, 3.8) is 0 Å². The molecule has 0 spiro atoms. The highest BCUT2D eigenvalue weighted by Crippen LogP contribution is 2.31. The first-order chi connectivity index (χ1) is 14.0. The summed E-state index contributed by atoms with van der Waals surface area (Å²) in [5.74, 6) is 0.395. The summed E-state index contributed by atoms with van der Waals surface area (Å²) >= 11 is 6.26. The van der Waals surface area contributed by atoms with Crippen LogP contribution >= 0.6 is 24.0 Å². The molecule has 3 aromatic carbocycles. The maximum absolute atomic E-state index is 13.5. The lowest BCUT2D eigenvalue weighted by atomic mass is 10.1. The van der Waals surface area contributed by atoms with Gasteiger partial charge in [-0.1, -0.05) is 41.9 Å². The number of halogens is 3. The molecule has 1 atom stereocenters. The number of benzene rings is 3. The molecule has 0 bridgehead atoms. The number of hydrogen-bond donors (Lipinski definition) is 1. The van der Waals surface area contributed by atoms with Crippen LogP contribution in [0.1, 0.15) is 28.6 Å². The average molecular weight is 444 g/mol. The molecule has 4 aromatic rings. The fourth-order valence-electron chi connectivity index (χ4n) is 3.26. The molecule has 1 N–H and O–H groups in total. The van der Waals surface area contributed by atoms with E-state index in [-0.39, 0.29) is 18.2 Å². The van der Waals surface area contributed by atoms with Gasteiger partial charge in [0.05, 0.1) is 10.6 Å². The van der Waals surface area contributed by atoms with Gasteiger partial charge in [-0.05, 0) is 66.9 Å². The van der Waals surface area contributed by atoms with E-state index in [1.807, 2.05) is 44.2 Å². The minimum absolute atomic E-state index is 0. The van der Waals surface area contributed by atoms with E-state index in [0.717, 1.165) is 22.4 Å². The van der Waals surface area contributed by atoms with Crippen molar-refractivity contribution < 1.29 is 8.81 Å². The number of anilines is 1. The van der Waals surface area contributed by atoms with E-state index in [4.69, 9.17) is 16.0 Å². The minimum atomic E-state index is -0.444. The fourth-order valence-corrected chi connectivity index (χ4v) is 3.48. The van der Waals surface area contributed by atoms with Crippen LogP contribution in [0.3, 0.4) is 0 Å². The Morgan fingerprint density at radius 1 is 0.933 bits per heavy atom. The zero-order chi connectivity index (χ0) is 20.4. The van der Waals surface area contributed by atoms with E-state index < -0.39 is 6.04 Å². The van der Waals surface area contributed by atoms with Crippen molar-refractivity contribution in [1.82, 2.24) is 10.2 Å². The van der Waals surface area contributed by atoms with Gasteiger partial charge in [0.1, 0.15) is 11.9 Å². The van der Waals surface area contributed by atoms with Crippen LogP contribution < -0.4 is 5.32 Å². The maximum Gasteiger partial charge on any atom is 0.249 e. The van der Waals surface area contributed by atoms with Crippen molar-refractivity contribution in [3.05, 3.63) is 100 Å². The van der Waals surface area contributed by atoms with E-state index in [0.29, 0.717) is 22.4 Å². The van der Waals surface area contributed by atoms with E-state index >= 15 is 0 Å². The molecule has 4 rings (SSSR count). The van der Waals surface area contributed by atoms with Gasteiger partial charge < -0.3 is 9.73 Å². The standard InChI is InChI=1S/C23H19ClFN3O.ClH/c1-14-11-15(2)13-18(12-14)26-21(16-7-9-17(25)10-8-16)23-28-27-22(29-23)19-5-3-4-6-20(19)24;/h3-13,21,26H,1-2H3;1H. The number of nitrogens with one attached hydrogen (secondary N) is 1. The Balaban J connectivity index is 0.00000256. The molecular formula is C23H20Cl2FN3O. The van der Waals surface area contributed by atoms with Gasteiger partial charge in [0.15, 0.2) is 0 Å². The lowest BCUT2D eigenvalue weighted by Gasteiger charge is -2.18. The Labute approximate surface area is 185 Å². The van der Waals surface area contributed by atoms with Gasteiger partial charge in [0.2, 0.25) is 11.8 Å². The Morgan fingerprint density at radius 2 is 1.60 bits per heavy atom. The van der Waals surface area contributed by atoms with Crippen LogP contribution in [0, 0.1) is 19.7 Å². The summed E-state index contributed by atoms with van der Waals surface area (Å²) < 4.78 is 19.4. The maximum atomic E-state index is 13.5. The molecule has 1 unspecified atom stereocenters. The molecule has 0 fully saturated rings. The van der Waals surface area contributed by atoms with Crippen LogP contribution in [0.5, 0.6) is 0 Å². The summed E-state index contributed by atoms with van der Waals surface area (Å²) in [7, 11) is 0. The highest BCUT2D eigenvalue weighted by Gasteiger charge is 2.22. The van der Waals surface area contributed by atoms with E-state index in [1.54, 1.807) is 18.2 Å². The molecule has 0 aliphatic rings. The average Bonchev–Trinajstić information content (AvgIpc) is 3.16. The summed E-state index contributed by atoms with van der Waals surface area (Å²) in [6.07, 6.45) is 0. The van der Waals surface area contributed by atoms with Gasteiger partial charge in [-0.25, -0.2) is 4.39 Å². The van der Waals surface area contributed by atoms with Gasteiger partial charge >= 0.3 is 0 Å². The third-order valence-corrected chi connectivity index (χ3v) is 4.86. The first-order valence-corrected chi connectivity index (χ1v) is 9.56. The quantitative estimate of drug-likeness (QED) is 0.369. The van der Waals surface area contributed by atoms with Crippen molar-refractivity contribution in [2.24, 2.45) is 0 Å². The molecule has 4 nitrogen and oxygen atoms in total.